The van der Waals surface area contributed by atoms with Gasteiger partial charge in [0.1, 0.15) is 11.6 Å². The molecule has 0 atom stereocenters. The Balaban J connectivity index is 1.90. The SMILES string of the molecule is Cc1cccc(NCCc2ccccc2F)n1. The molecule has 0 saturated heterocycles. The smallest absolute Gasteiger partial charge is 0.126 e. The molecule has 0 unspecified atom stereocenters. The molecule has 0 aliphatic carbocycles. The van der Waals surface area contributed by atoms with Gasteiger partial charge in [0.25, 0.3) is 0 Å². The molecule has 1 heterocycles. The summed E-state index contributed by atoms with van der Waals surface area (Å²) in [6.07, 6.45) is 0.655. The van der Waals surface area contributed by atoms with Gasteiger partial charge in [-0.1, -0.05) is 24.3 Å². The lowest BCUT2D eigenvalue weighted by Gasteiger charge is -2.06. The monoisotopic (exact) mass is 230 g/mol. The van der Waals surface area contributed by atoms with Crippen molar-refractivity contribution in [3.8, 4) is 0 Å². The zero-order valence-corrected chi connectivity index (χ0v) is 9.78. The van der Waals surface area contributed by atoms with Crippen molar-refractivity contribution in [3.63, 3.8) is 0 Å². The quantitative estimate of drug-likeness (QED) is 0.872. The van der Waals surface area contributed by atoms with Crippen molar-refractivity contribution < 1.29 is 4.39 Å². The molecule has 0 aliphatic rings. The van der Waals surface area contributed by atoms with E-state index in [9.17, 15) is 4.39 Å². The second-order valence-electron chi connectivity index (χ2n) is 3.93. The van der Waals surface area contributed by atoms with Crippen LogP contribution in [-0.2, 0) is 6.42 Å². The summed E-state index contributed by atoms with van der Waals surface area (Å²) in [6.45, 7) is 2.62. The van der Waals surface area contributed by atoms with Crippen LogP contribution in [0.3, 0.4) is 0 Å². The van der Waals surface area contributed by atoms with E-state index in [1.807, 2.05) is 31.2 Å². The van der Waals surface area contributed by atoms with E-state index in [0.29, 0.717) is 13.0 Å². The number of rotatable bonds is 4. The fourth-order valence-electron chi connectivity index (χ4n) is 1.67. The van der Waals surface area contributed by atoms with Crippen molar-refractivity contribution >= 4 is 5.82 Å². The van der Waals surface area contributed by atoms with Crippen LogP contribution >= 0.6 is 0 Å². The van der Waals surface area contributed by atoms with Crippen LogP contribution in [-0.4, -0.2) is 11.5 Å². The molecule has 0 radical (unpaired) electrons. The molecule has 2 rings (SSSR count). The van der Waals surface area contributed by atoms with E-state index >= 15 is 0 Å². The number of nitrogens with zero attached hydrogens (tertiary/aromatic N) is 1. The molecule has 3 heteroatoms. The molecule has 0 saturated carbocycles. The minimum atomic E-state index is -0.147. The van der Waals surface area contributed by atoms with Crippen LogP contribution in [0.15, 0.2) is 42.5 Å². The first-order valence-corrected chi connectivity index (χ1v) is 5.66. The number of hydrogen-bond acceptors (Lipinski definition) is 2. The minimum Gasteiger partial charge on any atom is -0.370 e. The second kappa shape index (κ2) is 5.43. The van der Waals surface area contributed by atoms with Crippen molar-refractivity contribution in [2.45, 2.75) is 13.3 Å². The average Bonchev–Trinajstić information content (AvgIpc) is 2.32. The summed E-state index contributed by atoms with van der Waals surface area (Å²) in [5, 5.41) is 3.18. The van der Waals surface area contributed by atoms with Gasteiger partial charge in [-0.15, -0.1) is 0 Å². The van der Waals surface area contributed by atoms with Crippen LogP contribution in [0, 0.1) is 12.7 Å². The highest BCUT2D eigenvalue weighted by atomic mass is 19.1. The van der Waals surface area contributed by atoms with Gasteiger partial charge in [-0.2, -0.15) is 0 Å². The van der Waals surface area contributed by atoms with Gasteiger partial charge in [0, 0.05) is 12.2 Å². The van der Waals surface area contributed by atoms with Crippen molar-refractivity contribution in [2.24, 2.45) is 0 Å². The molecule has 2 aromatic rings. The molecule has 0 aliphatic heterocycles. The van der Waals surface area contributed by atoms with Gasteiger partial charge in [0.15, 0.2) is 0 Å². The fraction of sp³-hybridized carbons (Fsp3) is 0.214. The van der Waals surface area contributed by atoms with E-state index in [0.717, 1.165) is 17.1 Å². The molecule has 0 amide bonds. The second-order valence-corrected chi connectivity index (χ2v) is 3.93. The van der Waals surface area contributed by atoms with Crippen LogP contribution in [0.25, 0.3) is 0 Å². The summed E-state index contributed by atoms with van der Waals surface area (Å²) in [5.41, 5.74) is 1.70. The molecule has 1 aromatic heterocycles. The Morgan fingerprint density at radius 3 is 2.71 bits per heavy atom. The first-order chi connectivity index (χ1) is 8.25. The Hall–Kier alpha value is -1.90. The van der Waals surface area contributed by atoms with Crippen molar-refractivity contribution in [3.05, 3.63) is 59.5 Å². The molecule has 17 heavy (non-hydrogen) atoms. The highest BCUT2D eigenvalue weighted by Gasteiger charge is 2.00. The number of halogens is 1. The third kappa shape index (κ3) is 3.28. The molecular weight excluding hydrogens is 215 g/mol. The molecule has 0 fully saturated rings. The van der Waals surface area contributed by atoms with Crippen molar-refractivity contribution in [1.29, 1.82) is 0 Å². The summed E-state index contributed by atoms with van der Waals surface area (Å²) in [4.78, 5) is 4.32. The standard InChI is InChI=1S/C14H15FN2/c1-11-5-4-8-14(17-11)16-10-9-12-6-2-3-7-13(12)15/h2-8H,9-10H2,1H3,(H,16,17). The Labute approximate surface area is 101 Å². The third-order valence-electron chi connectivity index (χ3n) is 2.55. The Kier molecular flexibility index (Phi) is 3.70. The maximum atomic E-state index is 13.3. The van der Waals surface area contributed by atoms with Crippen molar-refractivity contribution in [2.75, 3.05) is 11.9 Å². The van der Waals surface area contributed by atoms with Crippen LogP contribution in [0.1, 0.15) is 11.3 Å². The number of aryl methyl sites for hydroxylation is 1. The van der Waals surface area contributed by atoms with E-state index in [4.69, 9.17) is 0 Å². The Morgan fingerprint density at radius 1 is 1.12 bits per heavy atom. The van der Waals surface area contributed by atoms with Gasteiger partial charge >= 0.3 is 0 Å². The summed E-state index contributed by atoms with van der Waals surface area (Å²) >= 11 is 0. The van der Waals surface area contributed by atoms with Gasteiger partial charge in [0.05, 0.1) is 0 Å². The number of pyridine rings is 1. The average molecular weight is 230 g/mol. The number of benzene rings is 1. The van der Waals surface area contributed by atoms with E-state index < -0.39 is 0 Å². The van der Waals surface area contributed by atoms with Gasteiger partial charge in [-0.25, -0.2) is 9.37 Å². The summed E-state index contributed by atoms with van der Waals surface area (Å²) in [6, 6.07) is 12.7. The van der Waals surface area contributed by atoms with Gasteiger partial charge in [-0.05, 0) is 37.1 Å². The van der Waals surface area contributed by atoms with Gasteiger partial charge in [0.2, 0.25) is 0 Å². The number of anilines is 1. The van der Waals surface area contributed by atoms with Crippen LogP contribution in [0.5, 0.6) is 0 Å². The van der Waals surface area contributed by atoms with E-state index in [2.05, 4.69) is 10.3 Å². The molecule has 0 bridgehead atoms. The highest BCUT2D eigenvalue weighted by Crippen LogP contribution is 2.08. The molecular formula is C14H15FN2. The lowest BCUT2D eigenvalue weighted by molar-refractivity contribution is 0.610. The van der Waals surface area contributed by atoms with Crippen LogP contribution in [0.2, 0.25) is 0 Å². The molecule has 1 aromatic carbocycles. The van der Waals surface area contributed by atoms with E-state index in [-0.39, 0.29) is 5.82 Å². The predicted octanol–water partition coefficient (Wildman–Crippen LogP) is 3.18. The first-order valence-electron chi connectivity index (χ1n) is 5.66. The largest absolute Gasteiger partial charge is 0.370 e. The lowest BCUT2D eigenvalue weighted by atomic mass is 10.1. The van der Waals surface area contributed by atoms with Gasteiger partial charge < -0.3 is 5.32 Å². The predicted molar refractivity (Wildman–Crippen MR) is 67.6 cm³/mol. The Bertz CT molecular complexity index is 497. The fourth-order valence-corrected chi connectivity index (χ4v) is 1.67. The zero-order chi connectivity index (χ0) is 12.1. The first kappa shape index (κ1) is 11.6. The van der Waals surface area contributed by atoms with Crippen LogP contribution in [0.4, 0.5) is 10.2 Å². The highest BCUT2D eigenvalue weighted by molar-refractivity contribution is 5.35. The zero-order valence-electron chi connectivity index (χ0n) is 9.78. The molecule has 1 N–H and O–H groups in total. The lowest BCUT2D eigenvalue weighted by Crippen LogP contribution is -2.07. The van der Waals surface area contributed by atoms with Gasteiger partial charge in [-0.3, -0.25) is 0 Å². The number of nitrogens with one attached hydrogen (secondary N) is 1. The number of hydrogen-bond donors (Lipinski definition) is 1. The van der Waals surface area contributed by atoms with E-state index in [1.54, 1.807) is 12.1 Å². The Morgan fingerprint density at radius 2 is 1.94 bits per heavy atom. The summed E-state index contributed by atoms with van der Waals surface area (Å²) < 4.78 is 13.3. The van der Waals surface area contributed by atoms with Crippen molar-refractivity contribution in [1.82, 2.24) is 4.98 Å². The molecule has 2 nitrogen and oxygen atoms in total. The molecule has 88 valence electrons. The van der Waals surface area contributed by atoms with Crippen LogP contribution < -0.4 is 5.32 Å². The number of aromatic nitrogens is 1. The maximum absolute atomic E-state index is 13.3. The minimum absolute atomic E-state index is 0.147. The van der Waals surface area contributed by atoms with E-state index in [1.165, 1.54) is 6.07 Å². The third-order valence-corrected chi connectivity index (χ3v) is 2.55. The molecule has 0 spiro atoms. The summed E-state index contributed by atoms with van der Waals surface area (Å²) in [5.74, 6) is 0.688. The topological polar surface area (TPSA) is 24.9 Å². The maximum Gasteiger partial charge on any atom is 0.126 e. The summed E-state index contributed by atoms with van der Waals surface area (Å²) in [7, 11) is 0. The normalized spacial score (nSPS) is 10.2.